The molecular formula is C13H10N2O4P2. The maximum absolute atomic E-state index is 11.4. The average Bonchev–Trinajstić information content (AvgIpc) is 2.87. The van der Waals surface area contributed by atoms with Crippen molar-refractivity contribution in [2.45, 2.75) is 12.5 Å². The van der Waals surface area contributed by atoms with E-state index in [0.29, 0.717) is 0 Å². The van der Waals surface area contributed by atoms with Gasteiger partial charge in [-0.15, -0.1) is 0 Å². The van der Waals surface area contributed by atoms with Gasteiger partial charge in [0.15, 0.2) is 0 Å². The molecule has 0 unspecified atom stereocenters. The number of carboxylic acids is 1. The molecule has 8 heteroatoms. The van der Waals surface area contributed by atoms with Crippen LogP contribution >= 0.6 is 15.8 Å². The Bertz CT molecular complexity index is 854. The van der Waals surface area contributed by atoms with Crippen molar-refractivity contribution in [3.05, 3.63) is 36.0 Å². The van der Waals surface area contributed by atoms with E-state index >= 15 is 0 Å². The van der Waals surface area contributed by atoms with Crippen LogP contribution in [0, 0.1) is 11.5 Å². The van der Waals surface area contributed by atoms with E-state index in [1.54, 1.807) is 6.20 Å². The summed E-state index contributed by atoms with van der Waals surface area (Å²) in [5.41, 5.74) is 1.68. The second kappa shape index (κ2) is 7.28. The van der Waals surface area contributed by atoms with E-state index in [4.69, 9.17) is 0 Å². The number of fused-ring (bicyclic) bond motifs is 1. The molecule has 1 aromatic heterocycles. The standard InChI is InChI=1S/C13H10N2O4P2/c16-13(17)12(15(7-20-18)8-21-19)5-9-6-14-11-4-2-1-3-10(9)11/h1-4,6,12,14H,5H2,(H,16,17)/t12-/m0/s1. The number of aliphatic carboxylic acids is 1. The third kappa shape index (κ3) is 3.65. The molecule has 0 bridgehead atoms. The number of carbonyl (C=O) groups is 1. The van der Waals surface area contributed by atoms with Crippen LogP contribution in [0.4, 0.5) is 0 Å². The van der Waals surface area contributed by atoms with E-state index in [2.05, 4.69) is 16.5 Å². The van der Waals surface area contributed by atoms with E-state index < -0.39 is 27.8 Å². The van der Waals surface area contributed by atoms with Crippen LogP contribution in [0.2, 0.25) is 0 Å². The third-order valence-corrected chi connectivity index (χ3v) is 3.58. The van der Waals surface area contributed by atoms with Crippen LogP contribution in [0.3, 0.4) is 0 Å². The van der Waals surface area contributed by atoms with Gasteiger partial charge in [-0.05, 0) is 0 Å². The van der Waals surface area contributed by atoms with Crippen LogP contribution in [0.5, 0.6) is 0 Å². The molecule has 0 saturated carbocycles. The zero-order valence-corrected chi connectivity index (χ0v) is 12.5. The zero-order chi connectivity index (χ0) is 15.2. The van der Waals surface area contributed by atoms with Crippen LogP contribution in [-0.2, 0) is 20.3 Å². The number of carboxylic acid groups (broad SMARTS) is 1. The summed E-state index contributed by atoms with van der Waals surface area (Å²) in [4.78, 5) is 15.4. The molecule has 0 aliphatic rings. The maximum atomic E-state index is 11.4. The molecule has 1 aromatic carbocycles. The number of nitrogens with one attached hydrogen (secondary N) is 1. The van der Waals surface area contributed by atoms with Crippen LogP contribution in [0.15, 0.2) is 30.5 Å². The van der Waals surface area contributed by atoms with Crippen molar-refractivity contribution in [1.82, 2.24) is 9.88 Å². The molecule has 0 amide bonds. The van der Waals surface area contributed by atoms with Gasteiger partial charge in [0.05, 0.1) is 0 Å². The molecule has 1 heterocycles. The number of benzene rings is 1. The molecule has 21 heavy (non-hydrogen) atoms. The monoisotopic (exact) mass is 320 g/mol. The fourth-order valence-corrected chi connectivity index (χ4v) is 2.68. The number of H-pyrrole nitrogens is 1. The Balaban J connectivity index is 2.41. The van der Waals surface area contributed by atoms with Crippen LogP contribution < -0.4 is 0 Å². The topological polar surface area (TPSA) is 90.5 Å². The average molecular weight is 320 g/mol. The Hall–Kier alpha value is -1.79. The van der Waals surface area contributed by atoms with Crippen LogP contribution in [0.25, 0.3) is 10.9 Å². The zero-order valence-electron chi connectivity index (χ0n) is 10.7. The molecule has 0 spiro atoms. The summed E-state index contributed by atoms with van der Waals surface area (Å²) in [7, 11) is -1.01. The molecule has 1 atom stereocenters. The summed E-state index contributed by atoms with van der Waals surface area (Å²) in [6.45, 7) is 0. The van der Waals surface area contributed by atoms with Crippen molar-refractivity contribution in [2.24, 2.45) is 0 Å². The molecule has 6 nitrogen and oxygen atoms in total. The van der Waals surface area contributed by atoms with Gasteiger partial charge in [-0.3, -0.25) is 0 Å². The van der Waals surface area contributed by atoms with Gasteiger partial charge < -0.3 is 0 Å². The first-order valence-electron chi connectivity index (χ1n) is 5.90. The van der Waals surface area contributed by atoms with Crippen molar-refractivity contribution >= 4 is 32.7 Å². The fourth-order valence-electron chi connectivity index (χ4n) is 2.05. The van der Waals surface area contributed by atoms with Crippen molar-refractivity contribution in [2.75, 3.05) is 0 Å². The van der Waals surface area contributed by atoms with Crippen molar-refractivity contribution in [3.8, 4) is 11.5 Å². The second-order valence-corrected chi connectivity index (χ2v) is 4.94. The number of hydrogen-bond donors (Lipinski definition) is 2. The van der Waals surface area contributed by atoms with Crippen LogP contribution in [-0.4, -0.2) is 27.0 Å². The Labute approximate surface area is 122 Å². The summed E-state index contributed by atoms with van der Waals surface area (Å²) in [5, 5.41) is 10.2. The minimum atomic E-state index is -1.15. The van der Waals surface area contributed by atoms with Crippen molar-refractivity contribution < 1.29 is 19.0 Å². The molecule has 2 aromatic rings. The second-order valence-electron chi connectivity index (χ2n) is 4.17. The molecule has 2 N–H and O–H groups in total. The predicted octanol–water partition coefficient (Wildman–Crippen LogP) is 2.88. The summed E-state index contributed by atoms with van der Waals surface area (Å²) in [6, 6.07) is 6.40. The van der Waals surface area contributed by atoms with Crippen molar-refractivity contribution in [3.63, 3.8) is 0 Å². The summed E-state index contributed by atoms with van der Waals surface area (Å²) in [6.07, 6.45) is 1.85. The van der Waals surface area contributed by atoms with Gasteiger partial charge in [-0.25, -0.2) is 0 Å². The van der Waals surface area contributed by atoms with Gasteiger partial charge in [0.25, 0.3) is 0 Å². The number of aromatic nitrogens is 1. The van der Waals surface area contributed by atoms with Gasteiger partial charge in [-0.1, -0.05) is 0 Å². The molecule has 106 valence electrons. The third-order valence-electron chi connectivity index (χ3n) is 2.98. The Morgan fingerprint density at radius 2 is 1.95 bits per heavy atom. The fraction of sp³-hybridized carbons (Fsp3) is 0.154. The van der Waals surface area contributed by atoms with Gasteiger partial charge in [0, 0.05) is 0 Å². The SMILES string of the molecule is O=P#CN(C#P=O)[C@@H](Cc1c[nH]c2ccccc12)C(=O)O. The minimum absolute atomic E-state index is 0.129. The quantitative estimate of drug-likeness (QED) is 0.668. The molecule has 0 saturated heterocycles. The summed E-state index contributed by atoms with van der Waals surface area (Å²) >= 11 is 0. The van der Waals surface area contributed by atoms with Crippen LogP contribution in [0.1, 0.15) is 5.56 Å². The molecular weight excluding hydrogens is 310 g/mol. The Morgan fingerprint density at radius 1 is 1.29 bits per heavy atom. The Kier molecular flexibility index (Phi) is 5.41. The number of aromatic amines is 1. The first-order valence-corrected chi connectivity index (χ1v) is 7.53. The summed E-state index contributed by atoms with van der Waals surface area (Å²) < 4.78 is 21.3. The first kappa shape index (κ1) is 15.6. The van der Waals surface area contributed by atoms with E-state index in [1.807, 2.05) is 24.3 Å². The molecule has 0 radical (unpaired) electrons. The number of para-hydroxylation sites is 1. The van der Waals surface area contributed by atoms with Crippen molar-refractivity contribution in [1.29, 1.82) is 0 Å². The summed E-state index contributed by atoms with van der Waals surface area (Å²) in [5.74, 6) is 3.39. The van der Waals surface area contributed by atoms with E-state index in [1.165, 1.54) is 0 Å². The number of nitrogens with zero attached hydrogens (tertiary/aromatic N) is 1. The van der Waals surface area contributed by atoms with Gasteiger partial charge in [0.1, 0.15) is 0 Å². The normalized spacial score (nSPS) is 11.7. The number of rotatable bonds is 4. The molecule has 0 fully saturated rings. The molecule has 0 aliphatic heterocycles. The first-order chi connectivity index (χ1) is 10.2. The molecule has 0 aliphatic carbocycles. The van der Waals surface area contributed by atoms with Gasteiger partial charge in [0.2, 0.25) is 0 Å². The number of hydrogen-bond acceptors (Lipinski definition) is 4. The molecule has 2 rings (SSSR count). The Morgan fingerprint density at radius 3 is 2.57 bits per heavy atom. The predicted molar refractivity (Wildman–Crippen MR) is 78.3 cm³/mol. The van der Waals surface area contributed by atoms with Gasteiger partial charge >= 0.3 is 122 Å². The van der Waals surface area contributed by atoms with Gasteiger partial charge in [-0.2, -0.15) is 0 Å². The van der Waals surface area contributed by atoms with E-state index in [0.717, 1.165) is 21.4 Å². The van der Waals surface area contributed by atoms with E-state index in [9.17, 15) is 19.0 Å². The van der Waals surface area contributed by atoms with E-state index in [-0.39, 0.29) is 6.42 Å².